The Bertz CT molecular complexity index is 333. The highest BCUT2D eigenvalue weighted by molar-refractivity contribution is 5.36. The third-order valence-electron chi connectivity index (χ3n) is 2.41. The molecule has 0 aliphatic rings. The molecule has 0 amide bonds. The van der Waals surface area contributed by atoms with E-state index in [1.165, 1.54) is 5.56 Å². The van der Waals surface area contributed by atoms with E-state index < -0.39 is 0 Å². The molecule has 0 saturated heterocycles. The third-order valence-corrected chi connectivity index (χ3v) is 2.41. The Morgan fingerprint density at radius 1 is 1.38 bits per heavy atom. The monoisotopic (exact) mass is 219 g/mol. The summed E-state index contributed by atoms with van der Waals surface area (Å²) in [4.78, 5) is 0. The van der Waals surface area contributed by atoms with Gasteiger partial charge in [0.05, 0.1) is 6.10 Å². The van der Waals surface area contributed by atoms with Crippen LogP contribution in [0, 0.1) is 0 Å². The first-order chi connectivity index (χ1) is 7.69. The van der Waals surface area contributed by atoms with Crippen LogP contribution in [-0.2, 0) is 0 Å². The van der Waals surface area contributed by atoms with Crippen LogP contribution in [0.5, 0.6) is 5.75 Å². The number of hydrogen-bond acceptors (Lipinski definition) is 2. The molecule has 0 aromatic heterocycles. The summed E-state index contributed by atoms with van der Waals surface area (Å²) in [5.74, 6) is 0.957. The lowest BCUT2D eigenvalue weighted by Crippen LogP contribution is -2.17. The van der Waals surface area contributed by atoms with Gasteiger partial charge >= 0.3 is 0 Å². The first kappa shape index (κ1) is 12.8. The summed E-state index contributed by atoms with van der Waals surface area (Å²) in [5.41, 5.74) is 1.19. The van der Waals surface area contributed by atoms with Crippen LogP contribution in [0.4, 0.5) is 0 Å². The average Bonchev–Trinajstić information content (AvgIpc) is 2.26. The van der Waals surface area contributed by atoms with Gasteiger partial charge in [0, 0.05) is 11.6 Å². The quantitative estimate of drug-likeness (QED) is 0.741. The van der Waals surface area contributed by atoms with Gasteiger partial charge in [-0.05, 0) is 33.4 Å². The van der Waals surface area contributed by atoms with Crippen LogP contribution in [0.15, 0.2) is 36.9 Å². The van der Waals surface area contributed by atoms with Crippen molar-refractivity contribution in [2.45, 2.75) is 32.4 Å². The van der Waals surface area contributed by atoms with Crippen molar-refractivity contribution in [2.24, 2.45) is 0 Å². The van der Waals surface area contributed by atoms with Crippen LogP contribution in [0.1, 0.15) is 31.9 Å². The molecule has 0 spiro atoms. The van der Waals surface area contributed by atoms with Gasteiger partial charge in [-0.15, -0.1) is 6.58 Å². The van der Waals surface area contributed by atoms with Crippen LogP contribution >= 0.6 is 0 Å². The molecule has 1 unspecified atom stereocenters. The van der Waals surface area contributed by atoms with Crippen molar-refractivity contribution in [1.29, 1.82) is 0 Å². The fourth-order valence-corrected chi connectivity index (χ4v) is 1.70. The minimum atomic E-state index is 0.197. The fraction of sp³-hybridized carbons (Fsp3) is 0.429. The minimum absolute atomic E-state index is 0.197. The Morgan fingerprint density at radius 3 is 2.62 bits per heavy atom. The molecule has 1 aromatic carbocycles. The van der Waals surface area contributed by atoms with Crippen LogP contribution in [-0.4, -0.2) is 13.2 Å². The maximum Gasteiger partial charge on any atom is 0.124 e. The summed E-state index contributed by atoms with van der Waals surface area (Å²) < 4.78 is 5.80. The summed E-state index contributed by atoms with van der Waals surface area (Å²) in [6.45, 7) is 7.86. The smallest absolute Gasteiger partial charge is 0.124 e. The van der Waals surface area contributed by atoms with Crippen LogP contribution in [0.3, 0.4) is 0 Å². The van der Waals surface area contributed by atoms with E-state index in [1.807, 2.05) is 45.2 Å². The number of rotatable bonds is 6. The molecule has 0 aliphatic carbocycles. The molecule has 1 N–H and O–H groups in total. The Kier molecular flexibility index (Phi) is 5.06. The van der Waals surface area contributed by atoms with E-state index in [2.05, 4.69) is 18.0 Å². The topological polar surface area (TPSA) is 21.3 Å². The molecule has 0 heterocycles. The second-order valence-corrected chi connectivity index (χ2v) is 4.07. The predicted molar refractivity (Wildman–Crippen MR) is 68.8 cm³/mol. The number of ether oxygens (including phenoxy) is 1. The molecule has 1 rings (SSSR count). The molecule has 0 bridgehead atoms. The molecule has 0 aliphatic heterocycles. The molecular formula is C14H21NO. The van der Waals surface area contributed by atoms with Crippen molar-refractivity contribution in [3.63, 3.8) is 0 Å². The molecule has 88 valence electrons. The van der Waals surface area contributed by atoms with Crippen LogP contribution < -0.4 is 10.1 Å². The van der Waals surface area contributed by atoms with E-state index in [0.717, 1.165) is 12.2 Å². The van der Waals surface area contributed by atoms with Crippen molar-refractivity contribution in [3.05, 3.63) is 42.5 Å². The summed E-state index contributed by atoms with van der Waals surface area (Å²) in [7, 11) is 1.96. The van der Waals surface area contributed by atoms with E-state index in [1.54, 1.807) is 0 Å². The van der Waals surface area contributed by atoms with E-state index in [-0.39, 0.29) is 12.1 Å². The third kappa shape index (κ3) is 3.38. The van der Waals surface area contributed by atoms with Gasteiger partial charge in [0.15, 0.2) is 0 Å². The van der Waals surface area contributed by atoms with Crippen molar-refractivity contribution < 1.29 is 4.74 Å². The highest BCUT2D eigenvalue weighted by atomic mass is 16.5. The Balaban J connectivity index is 2.95. The van der Waals surface area contributed by atoms with E-state index >= 15 is 0 Å². The average molecular weight is 219 g/mol. The Hall–Kier alpha value is -1.28. The van der Waals surface area contributed by atoms with E-state index in [4.69, 9.17) is 4.74 Å². The maximum atomic E-state index is 5.80. The van der Waals surface area contributed by atoms with Crippen molar-refractivity contribution in [3.8, 4) is 5.75 Å². The van der Waals surface area contributed by atoms with Gasteiger partial charge < -0.3 is 10.1 Å². The summed E-state index contributed by atoms with van der Waals surface area (Å²) in [5, 5.41) is 3.28. The van der Waals surface area contributed by atoms with Gasteiger partial charge in [0.1, 0.15) is 5.75 Å². The van der Waals surface area contributed by atoms with Crippen molar-refractivity contribution in [2.75, 3.05) is 7.05 Å². The number of benzene rings is 1. The normalized spacial score (nSPS) is 12.5. The van der Waals surface area contributed by atoms with Gasteiger partial charge in [-0.3, -0.25) is 0 Å². The first-order valence-electron chi connectivity index (χ1n) is 5.72. The number of para-hydroxylation sites is 1. The SMILES string of the molecule is C=CCC(NC)c1ccccc1OC(C)C. The number of hydrogen-bond donors (Lipinski definition) is 1. The van der Waals surface area contributed by atoms with Crippen LogP contribution in [0.2, 0.25) is 0 Å². The summed E-state index contributed by atoms with van der Waals surface area (Å²) >= 11 is 0. The number of nitrogens with one attached hydrogen (secondary N) is 1. The zero-order valence-electron chi connectivity index (χ0n) is 10.4. The van der Waals surface area contributed by atoms with Gasteiger partial charge in [0.25, 0.3) is 0 Å². The molecule has 0 radical (unpaired) electrons. The highest BCUT2D eigenvalue weighted by Gasteiger charge is 2.13. The van der Waals surface area contributed by atoms with Crippen LogP contribution in [0.25, 0.3) is 0 Å². The zero-order valence-corrected chi connectivity index (χ0v) is 10.4. The molecular weight excluding hydrogens is 198 g/mol. The molecule has 16 heavy (non-hydrogen) atoms. The molecule has 1 aromatic rings. The standard InChI is InChI=1S/C14H21NO/c1-5-8-13(15-4)12-9-6-7-10-14(12)16-11(2)3/h5-7,9-11,13,15H,1,8H2,2-4H3. The van der Waals surface area contributed by atoms with Gasteiger partial charge in [-0.2, -0.15) is 0 Å². The zero-order chi connectivity index (χ0) is 12.0. The fourth-order valence-electron chi connectivity index (χ4n) is 1.70. The summed E-state index contributed by atoms with van der Waals surface area (Å²) in [6.07, 6.45) is 3.02. The van der Waals surface area contributed by atoms with Crippen molar-refractivity contribution in [1.82, 2.24) is 5.32 Å². The van der Waals surface area contributed by atoms with Gasteiger partial charge in [-0.25, -0.2) is 0 Å². The molecule has 2 heteroatoms. The Labute approximate surface area is 98.3 Å². The largest absolute Gasteiger partial charge is 0.491 e. The molecule has 2 nitrogen and oxygen atoms in total. The van der Waals surface area contributed by atoms with Crippen molar-refractivity contribution >= 4 is 0 Å². The van der Waals surface area contributed by atoms with E-state index in [0.29, 0.717) is 0 Å². The van der Waals surface area contributed by atoms with Gasteiger partial charge in [0.2, 0.25) is 0 Å². The lowest BCUT2D eigenvalue weighted by molar-refractivity contribution is 0.238. The maximum absolute atomic E-state index is 5.80. The second kappa shape index (κ2) is 6.33. The second-order valence-electron chi connectivity index (χ2n) is 4.07. The molecule has 0 fully saturated rings. The predicted octanol–water partition coefficient (Wildman–Crippen LogP) is 3.31. The van der Waals surface area contributed by atoms with Gasteiger partial charge in [-0.1, -0.05) is 24.3 Å². The summed E-state index contributed by atoms with van der Waals surface area (Å²) in [6, 6.07) is 8.43. The highest BCUT2D eigenvalue weighted by Crippen LogP contribution is 2.27. The minimum Gasteiger partial charge on any atom is -0.491 e. The molecule has 1 atom stereocenters. The lowest BCUT2D eigenvalue weighted by atomic mass is 10.0. The lowest BCUT2D eigenvalue weighted by Gasteiger charge is -2.20. The first-order valence-corrected chi connectivity index (χ1v) is 5.72. The molecule has 0 saturated carbocycles. The Morgan fingerprint density at radius 2 is 2.06 bits per heavy atom. The van der Waals surface area contributed by atoms with E-state index in [9.17, 15) is 0 Å².